The second-order valence-electron chi connectivity index (χ2n) is 3.89. The fourth-order valence-electron chi connectivity index (χ4n) is 1.82. The van der Waals surface area contributed by atoms with E-state index in [2.05, 4.69) is 6.08 Å². The van der Waals surface area contributed by atoms with Gasteiger partial charge in [0.2, 0.25) is 0 Å². The first-order valence-corrected chi connectivity index (χ1v) is 5.53. The zero-order valence-corrected chi connectivity index (χ0v) is 9.72. The third-order valence-corrected chi connectivity index (χ3v) is 2.78. The topological polar surface area (TPSA) is 49.8 Å². The molecule has 90 valence electrons. The molecule has 0 unspecified atom stereocenters. The van der Waals surface area contributed by atoms with E-state index in [1.54, 1.807) is 17.0 Å². The molecule has 1 aromatic carbocycles. The Morgan fingerprint density at radius 1 is 1.41 bits per heavy atom. The van der Waals surface area contributed by atoms with Crippen LogP contribution in [-0.4, -0.2) is 36.1 Å². The van der Waals surface area contributed by atoms with E-state index in [1.807, 2.05) is 6.08 Å². The Kier molecular flexibility index (Phi) is 3.32. The molecule has 4 heteroatoms. The third-order valence-electron chi connectivity index (χ3n) is 2.78. The van der Waals surface area contributed by atoms with E-state index in [4.69, 9.17) is 4.74 Å². The van der Waals surface area contributed by atoms with Crippen LogP contribution in [0.4, 0.5) is 0 Å². The van der Waals surface area contributed by atoms with Crippen molar-refractivity contribution in [3.8, 4) is 11.5 Å². The van der Waals surface area contributed by atoms with Gasteiger partial charge in [-0.2, -0.15) is 0 Å². The highest BCUT2D eigenvalue weighted by Crippen LogP contribution is 2.25. The molecular weight excluding hydrogens is 218 g/mol. The minimum atomic E-state index is -0.144. The Labute approximate surface area is 100 Å². The maximum atomic E-state index is 12.1. The smallest absolute Gasteiger partial charge is 0.257 e. The number of hydrogen-bond acceptors (Lipinski definition) is 3. The molecular formula is C13H15NO3. The largest absolute Gasteiger partial charge is 0.507 e. The van der Waals surface area contributed by atoms with Crippen LogP contribution in [0.2, 0.25) is 0 Å². The Morgan fingerprint density at radius 2 is 2.24 bits per heavy atom. The molecule has 1 amide bonds. The summed E-state index contributed by atoms with van der Waals surface area (Å²) in [6.07, 6.45) is 4.88. The summed E-state index contributed by atoms with van der Waals surface area (Å²) in [5, 5.41) is 9.78. The minimum Gasteiger partial charge on any atom is -0.507 e. The van der Waals surface area contributed by atoms with E-state index in [0.717, 1.165) is 6.42 Å². The number of carbonyl (C=O) groups excluding carboxylic acids is 1. The molecule has 0 aromatic heterocycles. The number of phenolic OH excluding ortho intramolecular Hbond substituents is 1. The SMILES string of the molecule is COc1ccc(C(=O)N2CC=CCC2)c(O)c1. The predicted octanol–water partition coefficient (Wildman–Crippen LogP) is 1.80. The van der Waals surface area contributed by atoms with Gasteiger partial charge in [-0.1, -0.05) is 12.2 Å². The Bertz CT molecular complexity index is 454. The number of benzene rings is 1. The van der Waals surface area contributed by atoms with Gasteiger partial charge in [0.1, 0.15) is 11.5 Å². The van der Waals surface area contributed by atoms with Crippen molar-refractivity contribution in [1.82, 2.24) is 4.90 Å². The number of amides is 1. The van der Waals surface area contributed by atoms with Crippen LogP contribution in [0.1, 0.15) is 16.8 Å². The lowest BCUT2D eigenvalue weighted by Gasteiger charge is -2.23. The van der Waals surface area contributed by atoms with E-state index >= 15 is 0 Å². The van der Waals surface area contributed by atoms with Gasteiger partial charge in [0.25, 0.3) is 5.91 Å². The second-order valence-corrected chi connectivity index (χ2v) is 3.89. The highest BCUT2D eigenvalue weighted by Gasteiger charge is 2.19. The monoisotopic (exact) mass is 233 g/mol. The van der Waals surface area contributed by atoms with Crippen molar-refractivity contribution >= 4 is 5.91 Å². The van der Waals surface area contributed by atoms with Gasteiger partial charge in [0.15, 0.2) is 0 Å². The average molecular weight is 233 g/mol. The number of nitrogens with zero attached hydrogens (tertiary/aromatic N) is 1. The van der Waals surface area contributed by atoms with Crippen LogP contribution in [0.3, 0.4) is 0 Å². The molecule has 0 saturated heterocycles. The van der Waals surface area contributed by atoms with E-state index in [0.29, 0.717) is 24.4 Å². The van der Waals surface area contributed by atoms with Gasteiger partial charge in [0.05, 0.1) is 12.7 Å². The standard InChI is InChI=1S/C13H15NO3/c1-17-10-5-6-11(12(15)9-10)13(16)14-7-3-2-4-8-14/h2-3,5-6,9,15H,4,7-8H2,1H3. The number of hydrogen-bond donors (Lipinski definition) is 1. The highest BCUT2D eigenvalue weighted by atomic mass is 16.5. The van der Waals surface area contributed by atoms with Gasteiger partial charge >= 0.3 is 0 Å². The lowest BCUT2D eigenvalue weighted by Crippen LogP contribution is -2.33. The molecule has 2 rings (SSSR count). The van der Waals surface area contributed by atoms with Gasteiger partial charge in [-0.05, 0) is 18.6 Å². The number of ether oxygens (including phenoxy) is 1. The van der Waals surface area contributed by atoms with E-state index in [9.17, 15) is 9.90 Å². The summed E-state index contributed by atoms with van der Waals surface area (Å²) < 4.78 is 4.98. The van der Waals surface area contributed by atoms with Gasteiger partial charge in [-0.15, -0.1) is 0 Å². The molecule has 0 radical (unpaired) electrons. The molecule has 1 aliphatic heterocycles. The summed E-state index contributed by atoms with van der Waals surface area (Å²) in [5.74, 6) is 0.357. The van der Waals surface area contributed by atoms with Gasteiger partial charge in [0, 0.05) is 19.2 Å². The molecule has 1 N–H and O–H groups in total. The molecule has 0 aliphatic carbocycles. The van der Waals surface area contributed by atoms with Crippen molar-refractivity contribution in [3.05, 3.63) is 35.9 Å². The molecule has 0 atom stereocenters. The van der Waals surface area contributed by atoms with Crippen LogP contribution in [-0.2, 0) is 0 Å². The summed E-state index contributed by atoms with van der Waals surface area (Å²) in [6, 6.07) is 4.72. The van der Waals surface area contributed by atoms with Crippen LogP contribution < -0.4 is 4.74 Å². The average Bonchev–Trinajstić information content (AvgIpc) is 2.39. The van der Waals surface area contributed by atoms with Crippen molar-refractivity contribution < 1.29 is 14.6 Å². The van der Waals surface area contributed by atoms with Crippen molar-refractivity contribution in [3.63, 3.8) is 0 Å². The lowest BCUT2D eigenvalue weighted by molar-refractivity contribution is 0.0768. The third kappa shape index (κ3) is 2.41. The summed E-state index contributed by atoms with van der Waals surface area (Å²) in [7, 11) is 1.52. The first kappa shape index (κ1) is 11.5. The zero-order valence-electron chi connectivity index (χ0n) is 9.72. The van der Waals surface area contributed by atoms with Crippen molar-refractivity contribution in [2.45, 2.75) is 6.42 Å². The molecule has 1 aromatic rings. The number of rotatable bonds is 2. The number of methoxy groups -OCH3 is 1. The molecule has 0 saturated carbocycles. The van der Waals surface area contributed by atoms with Crippen molar-refractivity contribution in [2.24, 2.45) is 0 Å². The van der Waals surface area contributed by atoms with E-state index in [-0.39, 0.29) is 11.7 Å². The Hall–Kier alpha value is -1.97. The van der Waals surface area contributed by atoms with Gasteiger partial charge in [-0.25, -0.2) is 0 Å². The van der Waals surface area contributed by atoms with Gasteiger partial charge in [-0.3, -0.25) is 4.79 Å². The highest BCUT2D eigenvalue weighted by molar-refractivity contribution is 5.97. The molecule has 4 nitrogen and oxygen atoms in total. The molecule has 0 spiro atoms. The minimum absolute atomic E-state index is 0.0381. The fourth-order valence-corrected chi connectivity index (χ4v) is 1.82. The molecule has 17 heavy (non-hydrogen) atoms. The Morgan fingerprint density at radius 3 is 2.82 bits per heavy atom. The van der Waals surface area contributed by atoms with E-state index in [1.165, 1.54) is 13.2 Å². The first-order chi connectivity index (χ1) is 8.22. The number of carbonyl (C=O) groups is 1. The van der Waals surface area contributed by atoms with E-state index < -0.39 is 0 Å². The van der Waals surface area contributed by atoms with Crippen LogP contribution >= 0.6 is 0 Å². The normalized spacial score (nSPS) is 14.8. The quantitative estimate of drug-likeness (QED) is 0.792. The zero-order chi connectivity index (χ0) is 12.3. The summed E-state index contributed by atoms with van der Waals surface area (Å²) in [6.45, 7) is 1.30. The maximum absolute atomic E-state index is 12.1. The van der Waals surface area contributed by atoms with Crippen LogP contribution in [0.5, 0.6) is 11.5 Å². The molecule has 1 heterocycles. The summed E-state index contributed by atoms with van der Waals surface area (Å²) in [4.78, 5) is 13.8. The second kappa shape index (κ2) is 4.91. The number of aromatic hydroxyl groups is 1. The number of phenols is 1. The predicted molar refractivity (Wildman–Crippen MR) is 64.3 cm³/mol. The van der Waals surface area contributed by atoms with Crippen LogP contribution in [0.15, 0.2) is 30.4 Å². The van der Waals surface area contributed by atoms with Crippen molar-refractivity contribution in [1.29, 1.82) is 0 Å². The van der Waals surface area contributed by atoms with Crippen LogP contribution in [0, 0.1) is 0 Å². The molecule has 0 bridgehead atoms. The maximum Gasteiger partial charge on any atom is 0.257 e. The summed E-state index contributed by atoms with van der Waals surface area (Å²) >= 11 is 0. The molecule has 0 fully saturated rings. The summed E-state index contributed by atoms with van der Waals surface area (Å²) in [5.41, 5.74) is 0.320. The Balaban J connectivity index is 2.21. The first-order valence-electron chi connectivity index (χ1n) is 5.53. The van der Waals surface area contributed by atoms with Crippen molar-refractivity contribution in [2.75, 3.05) is 20.2 Å². The fraction of sp³-hybridized carbons (Fsp3) is 0.308. The van der Waals surface area contributed by atoms with Crippen LogP contribution in [0.25, 0.3) is 0 Å². The lowest BCUT2D eigenvalue weighted by atomic mass is 10.1. The van der Waals surface area contributed by atoms with Gasteiger partial charge < -0.3 is 14.7 Å². The molecule has 1 aliphatic rings.